The number of hydrogen-bond donors (Lipinski definition) is 1. The van der Waals surface area contributed by atoms with Gasteiger partial charge in [-0.15, -0.1) is 0 Å². The number of nitrogens with one attached hydrogen (secondary N) is 1. The zero-order valence-corrected chi connectivity index (χ0v) is 14.8. The van der Waals surface area contributed by atoms with E-state index >= 15 is 0 Å². The summed E-state index contributed by atoms with van der Waals surface area (Å²) in [5.41, 5.74) is 3.80. The number of anilines is 1. The van der Waals surface area contributed by atoms with Crippen LogP contribution in [0.25, 0.3) is 10.9 Å². The second kappa shape index (κ2) is 6.83. The highest BCUT2D eigenvalue weighted by molar-refractivity contribution is 5.90. The maximum atomic E-state index is 13.9. The molecule has 0 radical (unpaired) electrons. The summed E-state index contributed by atoms with van der Waals surface area (Å²) in [6.45, 7) is 4.56. The fourth-order valence-corrected chi connectivity index (χ4v) is 3.73. The van der Waals surface area contributed by atoms with E-state index in [1.165, 1.54) is 6.07 Å². The van der Waals surface area contributed by atoms with Crippen LogP contribution >= 0.6 is 0 Å². The maximum Gasteiger partial charge on any atom is 0.227 e. The molecule has 0 bridgehead atoms. The van der Waals surface area contributed by atoms with Gasteiger partial charge in [-0.1, -0.05) is 30.3 Å². The molecule has 0 unspecified atom stereocenters. The van der Waals surface area contributed by atoms with Crippen molar-refractivity contribution < 1.29 is 9.18 Å². The molecule has 1 N–H and O–H groups in total. The fourth-order valence-electron chi connectivity index (χ4n) is 3.73. The minimum Gasteiger partial charge on any atom is -0.366 e. The van der Waals surface area contributed by atoms with Crippen LogP contribution < -0.4 is 4.90 Å². The van der Waals surface area contributed by atoms with Gasteiger partial charge < -0.3 is 14.8 Å². The molecule has 1 saturated heterocycles. The van der Waals surface area contributed by atoms with E-state index in [0.717, 1.165) is 22.2 Å². The number of H-pyrrole nitrogens is 1. The molecule has 0 saturated carbocycles. The van der Waals surface area contributed by atoms with E-state index in [1.807, 2.05) is 41.0 Å². The Hall–Kier alpha value is -2.82. The molecule has 1 fully saturated rings. The number of nitrogens with zero attached hydrogens (tertiary/aromatic N) is 2. The molecule has 1 aliphatic heterocycles. The molecule has 2 aromatic carbocycles. The third-order valence-corrected chi connectivity index (χ3v) is 5.18. The summed E-state index contributed by atoms with van der Waals surface area (Å²) in [5, 5.41) is 1.11. The summed E-state index contributed by atoms with van der Waals surface area (Å²) in [6.07, 6.45) is 0.398. The first-order chi connectivity index (χ1) is 12.6. The van der Waals surface area contributed by atoms with Crippen LogP contribution in [0, 0.1) is 12.7 Å². The molecule has 1 amide bonds. The van der Waals surface area contributed by atoms with E-state index in [4.69, 9.17) is 0 Å². The van der Waals surface area contributed by atoms with Crippen molar-refractivity contribution in [1.29, 1.82) is 0 Å². The van der Waals surface area contributed by atoms with Crippen LogP contribution in [0.3, 0.4) is 0 Å². The lowest BCUT2D eigenvalue weighted by Crippen LogP contribution is -2.49. The van der Waals surface area contributed by atoms with Crippen molar-refractivity contribution in [3.63, 3.8) is 0 Å². The number of para-hydroxylation sites is 2. The second-order valence-electron chi connectivity index (χ2n) is 6.77. The Morgan fingerprint density at radius 3 is 2.50 bits per heavy atom. The molecule has 134 valence electrons. The Bertz CT molecular complexity index is 941. The number of hydrogen-bond acceptors (Lipinski definition) is 2. The van der Waals surface area contributed by atoms with Gasteiger partial charge in [0.05, 0.1) is 12.1 Å². The molecule has 1 aromatic heterocycles. The first kappa shape index (κ1) is 16.6. The van der Waals surface area contributed by atoms with Crippen molar-refractivity contribution >= 4 is 22.5 Å². The monoisotopic (exact) mass is 351 g/mol. The number of fused-ring (bicyclic) bond motifs is 1. The highest BCUT2D eigenvalue weighted by atomic mass is 19.1. The second-order valence-corrected chi connectivity index (χ2v) is 6.77. The van der Waals surface area contributed by atoms with Crippen molar-refractivity contribution in [3.05, 3.63) is 65.6 Å². The largest absolute Gasteiger partial charge is 0.366 e. The number of piperazine rings is 1. The number of aromatic amines is 1. The van der Waals surface area contributed by atoms with Crippen LogP contribution in [-0.4, -0.2) is 42.0 Å². The van der Waals surface area contributed by atoms with Crippen molar-refractivity contribution in [1.82, 2.24) is 9.88 Å². The normalized spacial score (nSPS) is 14.8. The molecule has 26 heavy (non-hydrogen) atoms. The first-order valence-electron chi connectivity index (χ1n) is 8.97. The predicted molar refractivity (Wildman–Crippen MR) is 102 cm³/mol. The highest BCUT2D eigenvalue weighted by Crippen LogP contribution is 2.24. The fraction of sp³-hybridized carbons (Fsp3) is 0.286. The summed E-state index contributed by atoms with van der Waals surface area (Å²) in [7, 11) is 0. The average molecular weight is 351 g/mol. The van der Waals surface area contributed by atoms with Crippen LogP contribution in [0.15, 0.2) is 48.5 Å². The summed E-state index contributed by atoms with van der Waals surface area (Å²) >= 11 is 0. The lowest BCUT2D eigenvalue weighted by molar-refractivity contribution is -0.130. The third-order valence-electron chi connectivity index (χ3n) is 5.18. The topological polar surface area (TPSA) is 39.3 Å². The van der Waals surface area contributed by atoms with Crippen LogP contribution in [0.2, 0.25) is 0 Å². The van der Waals surface area contributed by atoms with Crippen LogP contribution in [0.1, 0.15) is 11.3 Å². The van der Waals surface area contributed by atoms with E-state index in [9.17, 15) is 9.18 Å². The molecular weight excluding hydrogens is 329 g/mol. The molecule has 0 spiro atoms. The number of amides is 1. The number of aryl methyl sites for hydroxylation is 1. The molecule has 0 atom stereocenters. The van der Waals surface area contributed by atoms with E-state index < -0.39 is 0 Å². The van der Waals surface area contributed by atoms with Gasteiger partial charge in [-0.3, -0.25) is 4.79 Å². The lowest BCUT2D eigenvalue weighted by atomic mass is 10.1. The zero-order valence-electron chi connectivity index (χ0n) is 14.8. The van der Waals surface area contributed by atoms with Crippen molar-refractivity contribution in [2.75, 3.05) is 31.1 Å². The third kappa shape index (κ3) is 3.05. The number of carbonyl (C=O) groups excluding carboxylic acids is 1. The highest BCUT2D eigenvalue weighted by Gasteiger charge is 2.24. The van der Waals surface area contributed by atoms with Gasteiger partial charge in [-0.25, -0.2) is 4.39 Å². The SMILES string of the molecule is Cc1[nH]c2ccccc2c1CC(=O)N1CCN(c2ccccc2F)CC1. The number of rotatable bonds is 3. The smallest absolute Gasteiger partial charge is 0.227 e. The Morgan fingerprint density at radius 1 is 1.04 bits per heavy atom. The van der Waals surface area contributed by atoms with Crippen LogP contribution in [0.5, 0.6) is 0 Å². The predicted octanol–water partition coefficient (Wildman–Crippen LogP) is 3.51. The van der Waals surface area contributed by atoms with Gasteiger partial charge in [0.2, 0.25) is 5.91 Å². The van der Waals surface area contributed by atoms with E-state index in [1.54, 1.807) is 12.1 Å². The number of carbonyl (C=O) groups is 1. The van der Waals surface area contributed by atoms with E-state index in [-0.39, 0.29) is 11.7 Å². The number of halogens is 1. The number of benzene rings is 2. The van der Waals surface area contributed by atoms with Gasteiger partial charge in [-0.05, 0) is 30.7 Å². The average Bonchev–Trinajstić information content (AvgIpc) is 2.98. The van der Waals surface area contributed by atoms with Gasteiger partial charge >= 0.3 is 0 Å². The van der Waals surface area contributed by atoms with Gasteiger partial charge in [-0.2, -0.15) is 0 Å². The molecule has 3 aromatic rings. The van der Waals surface area contributed by atoms with Gasteiger partial charge in [0, 0.05) is 42.8 Å². The summed E-state index contributed by atoms with van der Waals surface area (Å²) < 4.78 is 13.9. The Kier molecular flexibility index (Phi) is 4.37. The Balaban J connectivity index is 1.44. The molecule has 0 aliphatic carbocycles. The number of aromatic nitrogens is 1. The van der Waals surface area contributed by atoms with Gasteiger partial charge in [0.15, 0.2) is 0 Å². The summed E-state index contributed by atoms with van der Waals surface area (Å²) in [6, 6.07) is 14.9. The van der Waals surface area contributed by atoms with Crippen LogP contribution in [-0.2, 0) is 11.2 Å². The van der Waals surface area contributed by atoms with Gasteiger partial charge in [0.25, 0.3) is 0 Å². The molecular formula is C21H22FN3O. The first-order valence-corrected chi connectivity index (χ1v) is 8.97. The minimum atomic E-state index is -0.207. The summed E-state index contributed by atoms with van der Waals surface area (Å²) in [5.74, 6) is -0.0762. The van der Waals surface area contributed by atoms with Crippen LogP contribution in [0.4, 0.5) is 10.1 Å². The van der Waals surface area contributed by atoms with Crippen molar-refractivity contribution in [3.8, 4) is 0 Å². The summed E-state index contributed by atoms with van der Waals surface area (Å²) in [4.78, 5) is 20.0. The molecule has 5 heteroatoms. The standard InChI is InChI=1S/C21H22FN3O/c1-15-17(16-6-2-4-8-19(16)23-15)14-21(26)25-12-10-24(11-13-25)20-9-5-3-7-18(20)22/h2-9,23H,10-14H2,1H3. The lowest BCUT2D eigenvalue weighted by Gasteiger charge is -2.36. The Morgan fingerprint density at radius 2 is 1.73 bits per heavy atom. The Labute approximate surface area is 152 Å². The van der Waals surface area contributed by atoms with E-state index in [0.29, 0.717) is 38.3 Å². The van der Waals surface area contributed by atoms with Gasteiger partial charge in [0.1, 0.15) is 5.82 Å². The van der Waals surface area contributed by atoms with E-state index in [2.05, 4.69) is 11.1 Å². The molecule has 2 heterocycles. The molecule has 1 aliphatic rings. The molecule has 4 rings (SSSR count). The minimum absolute atomic E-state index is 0.131. The quantitative estimate of drug-likeness (QED) is 0.784. The van der Waals surface area contributed by atoms with Crippen molar-refractivity contribution in [2.45, 2.75) is 13.3 Å². The zero-order chi connectivity index (χ0) is 18.1. The maximum absolute atomic E-state index is 13.9. The molecule has 4 nitrogen and oxygen atoms in total. The van der Waals surface area contributed by atoms with Crippen molar-refractivity contribution in [2.24, 2.45) is 0 Å².